The predicted octanol–water partition coefficient (Wildman–Crippen LogP) is 2.03. The summed E-state index contributed by atoms with van der Waals surface area (Å²) in [6.45, 7) is 0. The highest BCUT2D eigenvalue weighted by atomic mass is 32.1. The average Bonchev–Trinajstić information content (AvgIpc) is 2.16. The smallest absolute Gasteiger partial charge is 0.273 e. The summed E-state index contributed by atoms with van der Waals surface area (Å²) in [7, 11) is 1.52. The molecular formula is C8H9NO3S. The highest BCUT2D eigenvalue weighted by Gasteiger charge is 2.12. The fourth-order valence-corrected chi connectivity index (χ4v) is 1.25. The van der Waals surface area contributed by atoms with Crippen molar-refractivity contribution in [3.8, 4) is 5.75 Å². The summed E-state index contributed by atoms with van der Waals surface area (Å²) < 4.78 is 4.93. The number of nitro benzene ring substituents is 1. The molecule has 1 rings (SSSR count). The summed E-state index contributed by atoms with van der Waals surface area (Å²) in [6, 6.07) is 4.60. The summed E-state index contributed by atoms with van der Waals surface area (Å²) in [6.07, 6.45) is 0. The molecule has 0 bridgehead atoms. The van der Waals surface area contributed by atoms with E-state index in [1.165, 1.54) is 13.2 Å². The lowest BCUT2D eigenvalue weighted by atomic mass is 10.2. The van der Waals surface area contributed by atoms with Crippen molar-refractivity contribution in [2.75, 3.05) is 7.11 Å². The van der Waals surface area contributed by atoms with Crippen molar-refractivity contribution in [3.05, 3.63) is 33.9 Å². The van der Waals surface area contributed by atoms with Gasteiger partial charge in [-0.15, -0.1) is 0 Å². The average molecular weight is 199 g/mol. The molecular weight excluding hydrogens is 190 g/mol. The topological polar surface area (TPSA) is 52.4 Å². The van der Waals surface area contributed by atoms with Crippen molar-refractivity contribution in [1.29, 1.82) is 0 Å². The van der Waals surface area contributed by atoms with Gasteiger partial charge < -0.3 is 4.74 Å². The molecule has 0 aliphatic carbocycles. The minimum atomic E-state index is -0.426. The van der Waals surface area contributed by atoms with Crippen LogP contribution in [0.4, 0.5) is 5.69 Å². The zero-order chi connectivity index (χ0) is 9.84. The second-order valence-electron chi connectivity index (χ2n) is 2.41. The number of nitro groups is 1. The third kappa shape index (κ3) is 2.12. The van der Waals surface area contributed by atoms with E-state index in [2.05, 4.69) is 12.6 Å². The molecule has 0 aliphatic rings. The summed E-state index contributed by atoms with van der Waals surface area (Å²) in [4.78, 5) is 10.1. The fourth-order valence-electron chi connectivity index (χ4n) is 0.994. The Morgan fingerprint density at radius 2 is 2.31 bits per heavy atom. The molecule has 0 heterocycles. The SMILES string of the molecule is COc1ccc([N+](=O)[O-])c(CS)c1. The quantitative estimate of drug-likeness (QED) is 0.460. The van der Waals surface area contributed by atoms with Gasteiger partial charge in [-0.2, -0.15) is 12.6 Å². The van der Waals surface area contributed by atoms with E-state index < -0.39 is 4.92 Å². The first-order chi connectivity index (χ1) is 6.19. The summed E-state index contributed by atoms with van der Waals surface area (Å²) in [5, 5.41) is 10.5. The van der Waals surface area contributed by atoms with E-state index in [0.29, 0.717) is 17.1 Å². The van der Waals surface area contributed by atoms with Gasteiger partial charge in [0, 0.05) is 17.4 Å². The zero-order valence-corrected chi connectivity index (χ0v) is 7.95. The molecule has 0 saturated heterocycles. The third-order valence-corrected chi connectivity index (χ3v) is 1.99. The van der Waals surface area contributed by atoms with Gasteiger partial charge >= 0.3 is 0 Å². The van der Waals surface area contributed by atoms with Gasteiger partial charge in [-0.3, -0.25) is 10.1 Å². The van der Waals surface area contributed by atoms with E-state index in [-0.39, 0.29) is 5.69 Å². The first-order valence-corrected chi connectivity index (χ1v) is 4.24. The van der Waals surface area contributed by atoms with Gasteiger partial charge in [0.25, 0.3) is 5.69 Å². The maximum absolute atomic E-state index is 10.5. The highest BCUT2D eigenvalue weighted by Crippen LogP contribution is 2.24. The zero-order valence-electron chi connectivity index (χ0n) is 7.06. The minimum absolute atomic E-state index is 0.0794. The second kappa shape index (κ2) is 4.13. The van der Waals surface area contributed by atoms with E-state index >= 15 is 0 Å². The molecule has 0 radical (unpaired) electrons. The molecule has 0 atom stereocenters. The number of nitrogens with zero attached hydrogens (tertiary/aromatic N) is 1. The third-order valence-electron chi connectivity index (χ3n) is 1.65. The van der Waals surface area contributed by atoms with Crippen molar-refractivity contribution >= 4 is 18.3 Å². The van der Waals surface area contributed by atoms with Gasteiger partial charge in [0.15, 0.2) is 0 Å². The van der Waals surface area contributed by atoms with Gasteiger partial charge in [0.2, 0.25) is 0 Å². The number of rotatable bonds is 3. The number of hydrogen-bond acceptors (Lipinski definition) is 4. The number of thiol groups is 1. The monoisotopic (exact) mass is 199 g/mol. The molecule has 0 saturated carbocycles. The van der Waals surface area contributed by atoms with Crippen molar-refractivity contribution in [2.45, 2.75) is 5.75 Å². The standard InChI is InChI=1S/C8H9NO3S/c1-12-7-2-3-8(9(10)11)6(4-7)5-13/h2-4,13H,5H2,1H3. The number of hydrogen-bond donors (Lipinski definition) is 1. The molecule has 13 heavy (non-hydrogen) atoms. The van der Waals surface area contributed by atoms with Crippen molar-refractivity contribution in [1.82, 2.24) is 0 Å². The first kappa shape index (κ1) is 9.85. The van der Waals surface area contributed by atoms with Crippen LogP contribution in [0.15, 0.2) is 18.2 Å². The van der Waals surface area contributed by atoms with Gasteiger partial charge in [0.1, 0.15) is 5.75 Å². The van der Waals surface area contributed by atoms with Gasteiger partial charge in [-0.05, 0) is 12.1 Å². The molecule has 0 spiro atoms. The summed E-state index contributed by atoms with van der Waals surface area (Å²) >= 11 is 4.00. The highest BCUT2D eigenvalue weighted by molar-refractivity contribution is 7.79. The molecule has 0 amide bonds. The molecule has 70 valence electrons. The molecule has 0 unspecified atom stereocenters. The molecule has 1 aromatic rings. The molecule has 4 nitrogen and oxygen atoms in total. The van der Waals surface area contributed by atoms with Crippen LogP contribution in [0.5, 0.6) is 5.75 Å². The van der Waals surface area contributed by atoms with Crippen LogP contribution in [0, 0.1) is 10.1 Å². The lowest BCUT2D eigenvalue weighted by Gasteiger charge is -2.02. The Kier molecular flexibility index (Phi) is 3.13. The molecule has 1 aromatic carbocycles. The Balaban J connectivity index is 3.15. The van der Waals surface area contributed by atoms with E-state index in [9.17, 15) is 10.1 Å². The molecule has 0 N–H and O–H groups in total. The molecule has 0 fully saturated rings. The number of ether oxygens (including phenoxy) is 1. The predicted molar refractivity (Wildman–Crippen MR) is 52.3 cm³/mol. The Labute approximate surface area is 81.1 Å². The van der Waals surface area contributed by atoms with E-state index in [4.69, 9.17) is 4.74 Å². The van der Waals surface area contributed by atoms with Crippen LogP contribution in [-0.2, 0) is 5.75 Å². The van der Waals surface area contributed by atoms with Gasteiger partial charge in [-0.25, -0.2) is 0 Å². The fraction of sp³-hybridized carbons (Fsp3) is 0.250. The Hall–Kier alpha value is -1.23. The normalized spacial score (nSPS) is 9.69. The van der Waals surface area contributed by atoms with Crippen LogP contribution in [-0.4, -0.2) is 12.0 Å². The van der Waals surface area contributed by atoms with Crippen molar-refractivity contribution in [2.24, 2.45) is 0 Å². The molecule has 0 aliphatic heterocycles. The van der Waals surface area contributed by atoms with Crippen molar-refractivity contribution in [3.63, 3.8) is 0 Å². The van der Waals surface area contributed by atoms with Crippen LogP contribution in [0.1, 0.15) is 5.56 Å². The summed E-state index contributed by atoms with van der Waals surface area (Å²) in [5.41, 5.74) is 0.642. The second-order valence-corrected chi connectivity index (χ2v) is 2.73. The van der Waals surface area contributed by atoms with Crippen LogP contribution < -0.4 is 4.74 Å². The minimum Gasteiger partial charge on any atom is -0.497 e. The maximum Gasteiger partial charge on any atom is 0.273 e. The van der Waals surface area contributed by atoms with Crippen LogP contribution >= 0.6 is 12.6 Å². The van der Waals surface area contributed by atoms with Crippen LogP contribution in [0.3, 0.4) is 0 Å². The number of methoxy groups -OCH3 is 1. The lowest BCUT2D eigenvalue weighted by molar-refractivity contribution is -0.385. The van der Waals surface area contributed by atoms with Crippen LogP contribution in [0.2, 0.25) is 0 Å². The Bertz CT molecular complexity index is 327. The first-order valence-electron chi connectivity index (χ1n) is 3.61. The van der Waals surface area contributed by atoms with Gasteiger partial charge in [-0.1, -0.05) is 0 Å². The maximum atomic E-state index is 10.5. The van der Waals surface area contributed by atoms with Crippen LogP contribution in [0.25, 0.3) is 0 Å². The Morgan fingerprint density at radius 1 is 1.62 bits per heavy atom. The van der Waals surface area contributed by atoms with E-state index in [0.717, 1.165) is 0 Å². The largest absolute Gasteiger partial charge is 0.497 e. The van der Waals surface area contributed by atoms with E-state index in [1.54, 1.807) is 12.1 Å². The molecule has 5 heteroatoms. The van der Waals surface area contributed by atoms with E-state index in [1.807, 2.05) is 0 Å². The number of benzene rings is 1. The van der Waals surface area contributed by atoms with Gasteiger partial charge in [0.05, 0.1) is 12.0 Å². The lowest BCUT2D eigenvalue weighted by Crippen LogP contribution is -1.94. The summed E-state index contributed by atoms with van der Waals surface area (Å²) in [5.74, 6) is 0.933. The Morgan fingerprint density at radius 3 is 2.77 bits per heavy atom. The van der Waals surface area contributed by atoms with Crippen molar-refractivity contribution < 1.29 is 9.66 Å². The molecule has 0 aromatic heterocycles.